The minimum atomic E-state index is -0.894. The first-order valence-corrected chi connectivity index (χ1v) is 13.2. The van der Waals surface area contributed by atoms with Crippen LogP contribution in [0.5, 0.6) is 0 Å². The van der Waals surface area contributed by atoms with E-state index in [-0.39, 0.29) is 0 Å². The Kier molecular flexibility index (Phi) is 9.58. The van der Waals surface area contributed by atoms with Gasteiger partial charge < -0.3 is 10.2 Å². The monoisotopic (exact) mass is 502 g/mol. The van der Waals surface area contributed by atoms with Crippen LogP contribution >= 0.6 is 23.5 Å². The largest absolute Gasteiger partial charge is 0.478 e. The summed E-state index contributed by atoms with van der Waals surface area (Å²) in [6, 6.07) is 30.4. The van der Waals surface area contributed by atoms with Gasteiger partial charge >= 0.3 is 11.9 Å². The summed E-state index contributed by atoms with van der Waals surface area (Å²) in [6.07, 6.45) is 2.04. The molecule has 4 rings (SSSR count). The van der Waals surface area contributed by atoms with Gasteiger partial charge in [0.05, 0.1) is 11.1 Å². The number of thioether (sulfide) groups is 2. The van der Waals surface area contributed by atoms with Gasteiger partial charge in [-0.3, -0.25) is 0 Å². The third kappa shape index (κ3) is 7.50. The van der Waals surface area contributed by atoms with Crippen molar-refractivity contribution in [1.29, 1.82) is 0 Å². The van der Waals surface area contributed by atoms with Crippen LogP contribution in [0.4, 0.5) is 0 Å². The van der Waals surface area contributed by atoms with Crippen molar-refractivity contribution in [2.75, 3.05) is 12.0 Å². The predicted molar refractivity (Wildman–Crippen MR) is 146 cm³/mol. The Labute approximate surface area is 214 Å². The lowest BCUT2D eigenvalue weighted by Crippen LogP contribution is -1.94. The first kappa shape index (κ1) is 26.1. The van der Waals surface area contributed by atoms with Crippen molar-refractivity contribution in [3.8, 4) is 22.3 Å². The van der Waals surface area contributed by atoms with E-state index in [0.29, 0.717) is 11.1 Å². The van der Waals surface area contributed by atoms with Crippen LogP contribution in [-0.2, 0) is 0 Å². The van der Waals surface area contributed by atoms with Crippen LogP contribution in [0.25, 0.3) is 22.3 Å². The minimum absolute atomic E-state index is 0.314. The normalized spacial score (nSPS) is 10.2. The van der Waals surface area contributed by atoms with Crippen LogP contribution in [0.2, 0.25) is 0 Å². The molecule has 4 nitrogen and oxygen atoms in total. The summed E-state index contributed by atoms with van der Waals surface area (Å²) in [4.78, 5) is 24.0. The maximum atomic E-state index is 10.8. The molecule has 0 aromatic heterocycles. The lowest BCUT2D eigenvalue weighted by Gasteiger charge is -2.04. The van der Waals surface area contributed by atoms with Gasteiger partial charge in [0, 0.05) is 9.79 Å². The Balaban J connectivity index is 0.000000196. The fourth-order valence-electron chi connectivity index (χ4n) is 3.30. The Morgan fingerprint density at radius 3 is 1.17 bits per heavy atom. The van der Waals surface area contributed by atoms with E-state index in [2.05, 4.69) is 43.3 Å². The second-order valence-electron chi connectivity index (χ2n) is 7.45. The Morgan fingerprint density at radius 1 is 0.571 bits per heavy atom. The van der Waals surface area contributed by atoms with E-state index < -0.39 is 11.9 Å². The highest BCUT2D eigenvalue weighted by Gasteiger charge is 2.04. The molecule has 178 valence electrons. The summed E-state index contributed by atoms with van der Waals surface area (Å²) in [5.74, 6) is -0.724. The molecule has 0 saturated heterocycles. The third-order valence-electron chi connectivity index (χ3n) is 5.19. The van der Waals surface area contributed by atoms with Gasteiger partial charge in [-0.2, -0.15) is 0 Å². The molecule has 0 saturated carbocycles. The number of rotatable bonds is 7. The van der Waals surface area contributed by atoms with Crippen molar-refractivity contribution in [3.05, 3.63) is 108 Å². The van der Waals surface area contributed by atoms with Gasteiger partial charge in [0.15, 0.2) is 0 Å². The van der Waals surface area contributed by atoms with Crippen LogP contribution in [0.15, 0.2) is 107 Å². The molecule has 4 aromatic rings. The summed E-state index contributed by atoms with van der Waals surface area (Å²) >= 11 is 3.51. The van der Waals surface area contributed by atoms with Crippen LogP contribution in [0.3, 0.4) is 0 Å². The topological polar surface area (TPSA) is 74.6 Å². The molecular weight excluding hydrogens is 476 g/mol. The number of hydrogen-bond acceptors (Lipinski definition) is 4. The molecule has 0 aliphatic carbocycles. The summed E-state index contributed by atoms with van der Waals surface area (Å²) in [7, 11) is 0. The summed E-state index contributed by atoms with van der Waals surface area (Å²) in [5.41, 5.74) is 4.90. The number of aromatic carboxylic acids is 2. The molecular formula is C29H26O4S2. The lowest BCUT2D eigenvalue weighted by atomic mass is 10.0. The van der Waals surface area contributed by atoms with Crippen LogP contribution in [0, 0.1) is 0 Å². The molecule has 2 N–H and O–H groups in total. The number of carboxylic acids is 2. The molecule has 0 spiro atoms. The third-order valence-corrected chi connectivity index (χ3v) is 6.82. The van der Waals surface area contributed by atoms with Crippen molar-refractivity contribution < 1.29 is 19.8 Å². The van der Waals surface area contributed by atoms with E-state index >= 15 is 0 Å². The fourth-order valence-corrected chi connectivity index (χ4v) is 4.37. The van der Waals surface area contributed by atoms with Gasteiger partial charge in [-0.25, -0.2) is 9.59 Å². The standard InChI is InChI=1S/C15H14O2S.C14H12O2S/c1-2-18-14-9-7-12(8-10-14)11-3-5-13(6-4-11)15(16)17;1-17-13-8-6-11(7-9-13)10-2-4-12(5-3-10)14(15)16/h3-10H,2H2,1H3,(H,16,17);2-9H,1H3,(H,15,16). The maximum Gasteiger partial charge on any atom is 0.335 e. The minimum Gasteiger partial charge on any atom is -0.478 e. The van der Waals surface area contributed by atoms with Crippen molar-refractivity contribution >= 4 is 35.5 Å². The van der Waals surface area contributed by atoms with Crippen LogP contribution in [-0.4, -0.2) is 34.2 Å². The second kappa shape index (κ2) is 12.8. The highest BCUT2D eigenvalue weighted by atomic mass is 32.2. The second-order valence-corrected chi connectivity index (χ2v) is 9.67. The van der Waals surface area contributed by atoms with Gasteiger partial charge in [0.2, 0.25) is 0 Å². The highest BCUT2D eigenvalue weighted by molar-refractivity contribution is 7.99. The van der Waals surface area contributed by atoms with E-state index in [9.17, 15) is 9.59 Å². The zero-order valence-electron chi connectivity index (χ0n) is 19.5. The summed E-state index contributed by atoms with van der Waals surface area (Å²) in [5, 5.41) is 17.7. The Morgan fingerprint density at radius 2 is 0.886 bits per heavy atom. The van der Waals surface area contributed by atoms with Crippen molar-refractivity contribution in [1.82, 2.24) is 0 Å². The van der Waals surface area contributed by atoms with E-state index in [1.807, 2.05) is 54.4 Å². The number of hydrogen-bond donors (Lipinski definition) is 2. The number of carbonyl (C=O) groups is 2. The molecule has 35 heavy (non-hydrogen) atoms. The van der Waals surface area contributed by atoms with Gasteiger partial charge in [-0.05, 0) is 82.8 Å². The number of carboxylic acid groups (broad SMARTS) is 2. The molecule has 0 atom stereocenters. The first-order valence-electron chi connectivity index (χ1n) is 11.0. The van der Waals surface area contributed by atoms with E-state index in [1.165, 1.54) is 9.79 Å². The van der Waals surface area contributed by atoms with Crippen LogP contribution < -0.4 is 0 Å². The fraction of sp³-hybridized carbons (Fsp3) is 0.103. The van der Waals surface area contributed by atoms with Gasteiger partial charge in [-0.15, -0.1) is 23.5 Å². The molecule has 0 bridgehead atoms. The lowest BCUT2D eigenvalue weighted by molar-refractivity contribution is 0.0686. The highest BCUT2D eigenvalue weighted by Crippen LogP contribution is 2.25. The molecule has 0 heterocycles. The van der Waals surface area contributed by atoms with Gasteiger partial charge in [0.1, 0.15) is 0 Å². The quantitative estimate of drug-likeness (QED) is 0.250. The molecule has 0 amide bonds. The molecule has 0 fully saturated rings. The molecule has 4 aromatic carbocycles. The van der Waals surface area contributed by atoms with E-state index in [4.69, 9.17) is 10.2 Å². The van der Waals surface area contributed by atoms with Gasteiger partial charge in [-0.1, -0.05) is 55.5 Å². The first-order chi connectivity index (χ1) is 16.9. The molecule has 0 aliphatic heterocycles. The SMILES string of the molecule is CCSc1ccc(-c2ccc(C(=O)O)cc2)cc1.CSc1ccc(-c2ccc(C(=O)O)cc2)cc1. The van der Waals surface area contributed by atoms with E-state index in [1.54, 1.807) is 36.0 Å². The predicted octanol–water partition coefficient (Wildman–Crippen LogP) is 7.94. The van der Waals surface area contributed by atoms with Crippen molar-refractivity contribution in [3.63, 3.8) is 0 Å². The molecule has 0 aliphatic rings. The van der Waals surface area contributed by atoms with Crippen molar-refractivity contribution in [2.24, 2.45) is 0 Å². The number of benzene rings is 4. The van der Waals surface area contributed by atoms with Gasteiger partial charge in [0.25, 0.3) is 0 Å². The summed E-state index contributed by atoms with van der Waals surface area (Å²) in [6.45, 7) is 2.13. The van der Waals surface area contributed by atoms with E-state index in [0.717, 1.165) is 28.0 Å². The van der Waals surface area contributed by atoms with Crippen LogP contribution in [0.1, 0.15) is 27.6 Å². The molecule has 0 unspecified atom stereocenters. The Hall–Kier alpha value is -3.48. The van der Waals surface area contributed by atoms with Crippen molar-refractivity contribution in [2.45, 2.75) is 16.7 Å². The Bertz CT molecular complexity index is 1250. The zero-order chi connectivity index (χ0) is 25.2. The zero-order valence-corrected chi connectivity index (χ0v) is 21.1. The average molecular weight is 503 g/mol. The smallest absolute Gasteiger partial charge is 0.335 e. The molecule has 0 radical (unpaired) electrons. The maximum absolute atomic E-state index is 10.8. The molecule has 6 heteroatoms. The average Bonchev–Trinajstić information content (AvgIpc) is 2.90. The summed E-state index contributed by atoms with van der Waals surface area (Å²) < 4.78 is 0.